The highest BCUT2D eigenvalue weighted by Gasteiger charge is 2.35. The van der Waals surface area contributed by atoms with Gasteiger partial charge in [-0.25, -0.2) is 4.79 Å². The molecular weight excluding hydrogens is 378 g/mol. The molecule has 28 heavy (non-hydrogen) atoms. The van der Waals surface area contributed by atoms with Gasteiger partial charge in [0.1, 0.15) is 0 Å². The van der Waals surface area contributed by atoms with E-state index in [9.17, 15) is 9.59 Å². The molecule has 1 aliphatic heterocycles. The lowest BCUT2D eigenvalue weighted by molar-refractivity contribution is -0.112. The third-order valence-corrected chi connectivity index (χ3v) is 4.67. The Morgan fingerprint density at radius 1 is 1.07 bits per heavy atom. The Labute approximate surface area is 166 Å². The average molecular weight is 392 g/mol. The highest BCUT2D eigenvalue weighted by atomic mass is 35.5. The number of nitrogens with zero attached hydrogens (tertiary/aromatic N) is 3. The third-order valence-electron chi connectivity index (χ3n) is 4.30. The molecule has 0 spiro atoms. The molecule has 1 amide bonds. The predicted molar refractivity (Wildman–Crippen MR) is 105 cm³/mol. The second-order valence-corrected chi connectivity index (χ2v) is 6.47. The predicted octanol–water partition coefficient (Wildman–Crippen LogP) is 3.84. The van der Waals surface area contributed by atoms with Gasteiger partial charge in [0.2, 0.25) is 0 Å². The maximum atomic E-state index is 13.0. The fourth-order valence-corrected chi connectivity index (χ4v) is 3.12. The van der Waals surface area contributed by atoms with Crippen molar-refractivity contribution in [2.24, 2.45) is 5.16 Å². The van der Waals surface area contributed by atoms with Gasteiger partial charge in [-0.15, -0.1) is 0 Å². The smallest absolute Gasteiger partial charge is 0.312 e. The summed E-state index contributed by atoms with van der Waals surface area (Å²) in [6.07, 6.45) is 2.92. The summed E-state index contributed by atoms with van der Waals surface area (Å²) in [5.41, 5.74) is 2.40. The molecule has 0 N–H and O–H groups in total. The number of hydrogen-bond donors (Lipinski definition) is 0. The zero-order valence-electron chi connectivity index (χ0n) is 14.6. The number of pyridine rings is 1. The van der Waals surface area contributed by atoms with Gasteiger partial charge in [0.15, 0.2) is 5.71 Å². The topological polar surface area (TPSA) is 71.9 Å². The number of amides is 1. The minimum atomic E-state index is -0.685. The first-order chi connectivity index (χ1) is 13.6. The number of hydrogen-bond acceptors (Lipinski definition) is 5. The van der Waals surface area contributed by atoms with E-state index in [1.165, 1.54) is 6.20 Å². The number of carbonyl (C=O) groups is 2. The van der Waals surface area contributed by atoms with Crippen molar-refractivity contribution in [3.8, 4) is 0 Å². The maximum absolute atomic E-state index is 13.0. The first-order valence-electron chi connectivity index (χ1n) is 8.49. The van der Waals surface area contributed by atoms with Crippen LogP contribution in [0.3, 0.4) is 0 Å². The van der Waals surface area contributed by atoms with E-state index >= 15 is 0 Å². The Kier molecular flexibility index (Phi) is 4.87. The zero-order valence-corrected chi connectivity index (χ0v) is 15.3. The van der Waals surface area contributed by atoms with Crippen molar-refractivity contribution < 1.29 is 14.4 Å². The largest absolute Gasteiger partial charge is 0.367 e. The minimum Gasteiger partial charge on any atom is -0.312 e. The Hall–Kier alpha value is -3.51. The molecule has 3 aromatic rings. The van der Waals surface area contributed by atoms with Crippen LogP contribution in [-0.2, 0) is 16.2 Å². The van der Waals surface area contributed by atoms with E-state index < -0.39 is 5.97 Å². The Morgan fingerprint density at radius 2 is 1.86 bits per heavy atom. The molecule has 0 radical (unpaired) electrons. The molecular formula is C21H14ClN3O3. The lowest BCUT2D eigenvalue weighted by Gasteiger charge is -2.17. The molecule has 0 bridgehead atoms. The molecule has 0 aliphatic carbocycles. The van der Waals surface area contributed by atoms with Crippen molar-refractivity contribution in [1.29, 1.82) is 0 Å². The molecule has 0 saturated heterocycles. The normalized spacial score (nSPS) is 14.2. The van der Waals surface area contributed by atoms with E-state index in [1.807, 2.05) is 30.3 Å². The molecule has 0 saturated carbocycles. The zero-order chi connectivity index (χ0) is 19.5. The first-order valence-corrected chi connectivity index (χ1v) is 8.87. The standard InChI is InChI=1S/C21H14ClN3O3/c22-17-9-3-1-6-15(17)13-25-18-10-4-2-8-16(18)19(20(25)26)24-28-21(27)14-7-5-11-23-12-14/h1-12H,13H2/b24-19-. The summed E-state index contributed by atoms with van der Waals surface area (Å²) >= 11 is 6.24. The maximum Gasteiger partial charge on any atom is 0.367 e. The Balaban J connectivity index is 1.63. The van der Waals surface area contributed by atoms with Crippen molar-refractivity contribution in [2.45, 2.75) is 6.54 Å². The number of oxime groups is 1. The van der Waals surface area contributed by atoms with Gasteiger partial charge in [0.05, 0.1) is 17.8 Å². The molecule has 2 heterocycles. The summed E-state index contributed by atoms with van der Waals surface area (Å²) in [7, 11) is 0. The molecule has 1 aromatic heterocycles. The summed E-state index contributed by atoms with van der Waals surface area (Å²) in [4.78, 5) is 35.5. The van der Waals surface area contributed by atoms with Crippen molar-refractivity contribution in [3.63, 3.8) is 0 Å². The van der Waals surface area contributed by atoms with E-state index in [-0.39, 0.29) is 23.7 Å². The van der Waals surface area contributed by atoms with E-state index in [4.69, 9.17) is 16.4 Å². The number of halogens is 1. The molecule has 1 aliphatic rings. The number of fused-ring (bicyclic) bond motifs is 1. The van der Waals surface area contributed by atoms with Gasteiger partial charge >= 0.3 is 5.97 Å². The second-order valence-electron chi connectivity index (χ2n) is 6.06. The molecule has 0 fully saturated rings. The van der Waals surface area contributed by atoms with E-state index in [0.717, 1.165) is 5.56 Å². The molecule has 138 valence electrons. The van der Waals surface area contributed by atoms with Crippen LogP contribution >= 0.6 is 11.6 Å². The van der Waals surface area contributed by atoms with Crippen LogP contribution in [0.1, 0.15) is 21.5 Å². The number of para-hydroxylation sites is 1. The van der Waals surface area contributed by atoms with Crippen LogP contribution in [0.15, 0.2) is 78.2 Å². The number of anilines is 1. The average Bonchev–Trinajstić information content (AvgIpc) is 3.00. The second kappa shape index (κ2) is 7.62. The van der Waals surface area contributed by atoms with E-state index in [0.29, 0.717) is 16.3 Å². The van der Waals surface area contributed by atoms with Gasteiger partial charge in [0.25, 0.3) is 5.91 Å². The van der Waals surface area contributed by atoms with Crippen molar-refractivity contribution in [2.75, 3.05) is 4.90 Å². The third kappa shape index (κ3) is 3.37. The summed E-state index contributed by atoms with van der Waals surface area (Å²) in [5.74, 6) is -1.05. The Bertz CT molecular complexity index is 1080. The van der Waals surface area contributed by atoms with E-state index in [2.05, 4.69) is 10.1 Å². The highest BCUT2D eigenvalue weighted by molar-refractivity contribution is 6.54. The van der Waals surface area contributed by atoms with Crippen LogP contribution < -0.4 is 4.90 Å². The summed E-state index contributed by atoms with van der Waals surface area (Å²) in [6.45, 7) is 0.283. The summed E-state index contributed by atoms with van der Waals surface area (Å²) in [5, 5.41) is 4.42. The van der Waals surface area contributed by atoms with Crippen LogP contribution in [0, 0.1) is 0 Å². The number of benzene rings is 2. The molecule has 4 rings (SSSR count). The van der Waals surface area contributed by atoms with Gasteiger partial charge in [-0.3, -0.25) is 9.78 Å². The fraction of sp³-hybridized carbons (Fsp3) is 0.0476. The molecule has 7 heteroatoms. The molecule has 6 nitrogen and oxygen atoms in total. The fourth-order valence-electron chi connectivity index (χ4n) is 2.93. The summed E-state index contributed by atoms with van der Waals surface area (Å²) in [6, 6.07) is 17.7. The SMILES string of the molecule is O=C(O/N=C1\C(=O)N(Cc2ccccc2Cl)c2ccccc21)c1cccnc1. The lowest BCUT2D eigenvalue weighted by atomic mass is 10.1. The van der Waals surface area contributed by atoms with Gasteiger partial charge in [-0.2, -0.15) is 0 Å². The first kappa shape index (κ1) is 17.9. The molecule has 2 aromatic carbocycles. The Morgan fingerprint density at radius 3 is 2.64 bits per heavy atom. The van der Waals surface area contributed by atoms with Gasteiger partial charge < -0.3 is 9.74 Å². The highest BCUT2D eigenvalue weighted by Crippen LogP contribution is 2.31. The van der Waals surface area contributed by atoms with Crippen LogP contribution in [-0.4, -0.2) is 22.6 Å². The molecule has 0 atom stereocenters. The number of rotatable bonds is 4. The van der Waals surface area contributed by atoms with Crippen LogP contribution in [0.4, 0.5) is 5.69 Å². The van der Waals surface area contributed by atoms with Crippen LogP contribution in [0.2, 0.25) is 5.02 Å². The van der Waals surface area contributed by atoms with Crippen LogP contribution in [0.25, 0.3) is 0 Å². The monoisotopic (exact) mass is 391 g/mol. The molecule has 0 unspecified atom stereocenters. The summed E-state index contributed by atoms with van der Waals surface area (Å²) < 4.78 is 0. The van der Waals surface area contributed by atoms with Crippen molar-refractivity contribution >= 4 is 34.9 Å². The van der Waals surface area contributed by atoms with Crippen molar-refractivity contribution in [1.82, 2.24) is 4.98 Å². The quantitative estimate of drug-likeness (QED) is 0.500. The van der Waals surface area contributed by atoms with Crippen LogP contribution in [0.5, 0.6) is 0 Å². The van der Waals surface area contributed by atoms with E-state index in [1.54, 1.807) is 41.4 Å². The van der Waals surface area contributed by atoms with Gasteiger partial charge in [-0.05, 0) is 29.8 Å². The van der Waals surface area contributed by atoms with Gasteiger partial charge in [-0.1, -0.05) is 53.2 Å². The van der Waals surface area contributed by atoms with Gasteiger partial charge in [0, 0.05) is 23.0 Å². The van der Waals surface area contributed by atoms with Crippen molar-refractivity contribution in [3.05, 3.63) is 94.8 Å². The lowest BCUT2D eigenvalue weighted by Crippen LogP contribution is -2.30. The number of carbonyl (C=O) groups excluding carboxylic acids is 2. The minimum absolute atomic E-state index is 0.0693. The number of aromatic nitrogens is 1.